The van der Waals surface area contributed by atoms with Crippen molar-refractivity contribution in [1.29, 1.82) is 0 Å². The van der Waals surface area contributed by atoms with Gasteiger partial charge in [-0.15, -0.1) is 0 Å². The van der Waals surface area contributed by atoms with Gasteiger partial charge in [-0.3, -0.25) is 19.3 Å². The second-order valence-electron chi connectivity index (χ2n) is 8.42. The molecule has 3 aromatic rings. The summed E-state index contributed by atoms with van der Waals surface area (Å²) in [5.74, 6) is 0.0836. The largest absolute Gasteiger partial charge is 0.490 e. The molecule has 3 amide bonds. The summed E-state index contributed by atoms with van der Waals surface area (Å²) >= 11 is 0. The minimum atomic E-state index is -0.959. The molecular formula is C29H30N2O5. The highest BCUT2D eigenvalue weighted by molar-refractivity contribution is 6.22. The summed E-state index contributed by atoms with van der Waals surface area (Å²) in [4.78, 5) is 40.7. The van der Waals surface area contributed by atoms with Gasteiger partial charge < -0.3 is 14.8 Å². The summed E-state index contributed by atoms with van der Waals surface area (Å²) in [6.07, 6.45) is 0.786. The van der Waals surface area contributed by atoms with E-state index in [0.717, 1.165) is 16.0 Å². The van der Waals surface area contributed by atoms with Crippen LogP contribution >= 0.6 is 0 Å². The average Bonchev–Trinajstić information content (AvgIpc) is 3.14. The molecule has 0 radical (unpaired) electrons. The Hall–Kier alpha value is -4.13. The van der Waals surface area contributed by atoms with E-state index in [4.69, 9.17) is 9.47 Å². The second-order valence-corrected chi connectivity index (χ2v) is 8.42. The van der Waals surface area contributed by atoms with E-state index in [0.29, 0.717) is 48.8 Å². The first-order valence-electron chi connectivity index (χ1n) is 12.2. The molecule has 3 aromatic carbocycles. The zero-order chi connectivity index (χ0) is 25.5. The smallest absolute Gasteiger partial charge is 0.262 e. The number of amides is 3. The van der Waals surface area contributed by atoms with Crippen LogP contribution in [0.15, 0.2) is 72.8 Å². The molecule has 1 atom stereocenters. The maximum absolute atomic E-state index is 13.4. The van der Waals surface area contributed by atoms with Gasteiger partial charge in [0.05, 0.1) is 24.3 Å². The lowest BCUT2D eigenvalue weighted by Gasteiger charge is -2.25. The second kappa shape index (κ2) is 11.5. The Morgan fingerprint density at radius 1 is 0.806 bits per heavy atom. The van der Waals surface area contributed by atoms with E-state index < -0.39 is 17.9 Å². The summed E-state index contributed by atoms with van der Waals surface area (Å²) in [6.45, 7) is 5.22. The van der Waals surface area contributed by atoms with Crippen LogP contribution in [0.4, 0.5) is 0 Å². The zero-order valence-corrected chi connectivity index (χ0v) is 20.5. The first-order chi connectivity index (χ1) is 17.5. The van der Waals surface area contributed by atoms with Crippen molar-refractivity contribution < 1.29 is 23.9 Å². The summed E-state index contributed by atoms with van der Waals surface area (Å²) in [6, 6.07) is 20.8. The van der Waals surface area contributed by atoms with Crippen LogP contribution in [0.3, 0.4) is 0 Å². The molecule has 0 fully saturated rings. The van der Waals surface area contributed by atoms with Crippen molar-refractivity contribution in [3.8, 4) is 11.5 Å². The standard InChI is InChI=1S/C29H30N2O5/c1-3-35-25-15-14-21(19-26(25)36-4-2)16-17-30-27(32)24(18-20-10-6-5-7-11-20)31-28(33)22-12-8-9-13-23(22)29(31)34/h5-15,19,24H,3-4,16-18H2,1-2H3,(H,30,32)/t24-/m0/s1. The van der Waals surface area contributed by atoms with Gasteiger partial charge in [0.1, 0.15) is 6.04 Å². The van der Waals surface area contributed by atoms with Crippen LogP contribution in [0.1, 0.15) is 45.7 Å². The summed E-state index contributed by atoms with van der Waals surface area (Å²) in [5, 5.41) is 2.93. The SMILES string of the molecule is CCOc1ccc(CCNC(=O)[C@H](Cc2ccccc2)N2C(=O)c3ccccc3C2=O)cc1OCC. The quantitative estimate of drug-likeness (QED) is 0.414. The molecule has 0 bridgehead atoms. The number of carbonyl (C=O) groups excluding carboxylic acids is 3. The molecule has 36 heavy (non-hydrogen) atoms. The zero-order valence-electron chi connectivity index (χ0n) is 20.5. The Labute approximate surface area is 211 Å². The summed E-state index contributed by atoms with van der Waals surface area (Å²) < 4.78 is 11.3. The van der Waals surface area contributed by atoms with Gasteiger partial charge >= 0.3 is 0 Å². The molecule has 186 valence electrons. The Bertz CT molecular complexity index is 1210. The number of rotatable bonds is 11. The van der Waals surface area contributed by atoms with Crippen molar-refractivity contribution in [3.63, 3.8) is 0 Å². The lowest BCUT2D eigenvalue weighted by atomic mass is 10.0. The first kappa shape index (κ1) is 25.0. The Morgan fingerprint density at radius 2 is 1.42 bits per heavy atom. The summed E-state index contributed by atoms with van der Waals surface area (Å²) in [5.41, 5.74) is 2.49. The summed E-state index contributed by atoms with van der Waals surface area (Å²) in [7, 11) is 0. The van der Waals surface area contributed by atoms with Crippen LogP contribution in [0.25, 0.3) is 0 Å². The third-order valence-corrected chi connectivity index (χ3v) is 6.03. The van der Waals surface area contributed by atoms with Gasteiger partial charge in [-0.1, -0.05) is 48.5 Å². The van der Waals surface area contributed by atoms with Crippen LogP contribution < -0.4 is 14.8 Å². The van der Waals surface area contributed by atoms with E-state index >= 15 is 0 Å². The fourth-order valence-corrected chi connectivity index (χ4v) is 4.33. The van der Waals surface area contributed by atoms with Crippen molar-refractivity contribution in [3.05, 3.63) is 95.1 Å². The third kappa shape index (κ3) is 5.40. The number of nitrogens with one attached hydrogen (secondary N) is 1. The number of nitrogens with zero attached hydrogens (tertiary/aromatic N) is 1. The van der Waals surface area contributed by atoms with Crippen molar-refractivity contribution >= 4 is 17.7 Å². The molecule has 7 nitrogen and oxygen atoms in total. The lowest BCUT2D eigenvalue weighted by molar-refractivity contribution is -0.125. The van der Waals surface area contributed by atoms with E-state index in [-0.39, 0.29) is 12.3 Å². The predicted octanol–water partition coefficient (Wildman–Crippen LogP) is 4.05. The highest BCUT2D eigenvalue weighted by Crippen LogP contribution is 2.29. The number of carbonyl (C=O) groups is 3. The fourth-order valence-electron chi connectivity index (χ4n) is 4.33. The Balaban J connectivity index is 1.49. The molecule has 4 rings (SSSR count). The molecule has 0 saturated heterocycles. The molecule has 1 aliphatic heterocycles. The van der Waals surface area contributed by atoms with Crippen molar-refractivity contribution in [2.24, 2.45) is 0 Å². The molecule has 0 aromatic heterocycles. The molecule has 1 heterocycles. The van der Waals surface area contributed by atoms with Gasteiger partial charge in [0.25, 0.3) is 11.8 Å². The normalized spacial score (nSPS) is 13.3. The molecule has 0 unspecified atom stereocenters. The average molecular weight is 487 g/mol. The first-order valence-corrected chi connectivity index (χ1v) is 12.2. The number of hydrogen-bond acceptors (Lipinski definition) is 5. The molecule has 0 aliphatic carbocycles. The van der Waals surface area contributed by atoms with Gasteiger partial charge in [-0.25, -0.2) is 0 Å². The monoisotopic (exact) mass is 486 g/mol. The van der Waals surface area contributed by atoms with E-state index in [1.54, 1.807) is 24.3 Å². The predicted molar refractivity (Wildman–Crippen MR) is 136 cm³/mol. The number of benzene rings is 3. The Kier molecular flexibility index (Phi) is 8.00. The molecule has 1 aliphatic rings. The van der Waals surface area contributed by atoms with Crippen LogP contribution in [0.5, 0.6) is 11.5 Å². The number of ether oxygens (including phenoxy) is 2. The van der Waals surface area contributed by atoms with Gasteiger partial charge in [0, 0.05) is 13.0 Å². The van der Waals surface area contributed by atoms with Crippen LogP contribution in [-0.2, 0) is 17.6 Å². The fraction of sp³-hybridized carbons (Fsp3) is 0.276. The minimum absolute atomic E-state index is 0.232. The lowest BCUT2D eigenvalue weighted by Crippen LogP contribution is -2.51. The molecule has 1 N–H and O–H groups in total. The topological polar surface area (TPSA) is 84.9 Å². The van der Waals surface area contributed by atoms with Gasteiger partial charge in [-0.2, -0.15) is 0 Å². The molecule has 0 spiro atoms. The van der Waals surface area contributed by atoms with Crippen molar-refractivity contribution in [1.82, 2.24) is 10.2 Å². The number of imide groups is 1. The van der Waals surface area contributed by atoms with Gasteiger partial charge in [-0.05, 0) is 55.7 Å². The van der Waals surface area contributed by atoms with E-state index in [9.17, 15) is 14.4 Å². The Morgan fingerprint density at radius 3 is 2.06 bits per heavy atom. The van der Waals surface area contributed by atoms with E-state index in [2.05, 4.69) is 5.32 Å². The molecule has 7 heteroatoms. The van der Waals surface area contributed by atoms with Crippen LogP contribution in [0, 0.1) is 0 Å². The van der Waals surface area contributed by atoms with Crippen molar-refractivity contribution in [2.75, 3.05) is 19.8 Å². The highest BCUT2D eigenvalue weighted by atomic mass is 16.5. The molecule has 0 saturated carbocycles. The van der Waals surface area contributed by atoms with Gasteiger partial charge in [0.2, 0.25) is 5.91 Å². The van der Waals surface area contributed by atoms with Crippen LogP contribution in [0.2, 0.25) is 0 Å². The van der Waals surface area contributed by atoms with E-state index in [1.165, 1.54) is 0 Å². The number of hydrogen-bond donors (Lipinski definition) is 1. The van der Waals surface area contributed by atoms with Gasteiger partial charge in [0.15, 0.2) is 11.5 Å². The van der Waals surface area contributed by atoms with Crippen LogP contribution in [-0.4, -0.2) is 48.4 Å². The van der Waals surface area contributed by atoms with Crippen molar-refractivity contribution in [2.45, 2.75) is 32.7 Å². The molecular weight excluding hydrogens is 456 g/mol. The highest BCUT2D eigenvalue weighted by Gasteiger charge is 2.42. The maximum atomic E-state index is 13.4. The van der Waals surface area contributed by atoms with E-state index in [1.807, 2.05) is 62.4 Å². The number of fused-ring (bicyclic) bond motifs is 1. The third-order valence-electron chi connectivity index (χ3n) is 6.03. The minimum Gasteiger partial charge on any atom is -0.490 e. The maximum Gasteiger partial charge on any atom is 0.262 e.